The highest BCUT2D eigenvalue weighted by molar-refractivity contribution is 8.03. The van der Waals surface area contributed by atoms with E-state index in [-0.39, 0.29) is 23.4 Å². The molecule has 1 fully saturated rings. The molecule has 3 N–H and O–H groups in total. The number of benzene rings is 1. The van der Waals surface area contributed by atoms with E-state index in [1.54, 1.807) is 30.3 Å². The number of esters is 1. The van der Waals surface area contributed by atoms with Crippen LogP contribution in [0.4, 0.5) is 0 Å². The number of β-lactam (4-membered cyclic amide) rings is 1. The van der Waals surface area contributed by atoms with Gasteiger partial charge in [-0.2, -0.15) is 0 Å². The number of ether oxygens (including phenoxy) is 1. The second-order valence-electron chi connectivity index (χ2n) is 5.55. The minimum absolute atomic E-state index is 0.0184. The summed E-state index contributed by atoms with van der Waals surface area (Å²) in [6.45, 7) is 0. The molecule has 1 amide bonds. The molecular formula is C16H16N2O5S. The number of nitrogens with two attached hydrogens (primary N) is 1. The van der Waals surface area contributed by atoms with E-state index in [1.165, 1.54) is 16.7 Å². The van der Waals surface area contributed by atoms with E-state index >= 15 is 0 Å². The van der Waals surface area contributed by atoms with Crippen molar-refractivity contribution in [1.29, 1.82) is 0 Å². The van der Waals surface area contributed by atoms with Crippen molar-refractivity contribution >= 4 is 29.6 Å². The van der Waals surface area contributed by atoms with E-state index in [0.29, 0.717) is 23.5 Å². The van der Waals surface area contributed by atoms with Gasteiger partial charge in [-0.15, -0.1) is 11.8 Å². The SMILES string of the molecule is NC(CSC1=C(C(=O)O)N2C(=O)C[C@@H]2C1)C(=O)Oc1ccccc1. The van der Waals surface area contributed by atoms with Crippen molar-refractivity contribution in [2.24, 2.45) is 5.73 Å². The third kappa shape index (κ3) is 3.15. The van der Waals surface area contributed by atoms with Gasteiger partial charge in [0.2, 0.25) is 5.91 Å². The lowest BCUT2D eigenvalue weighted by Crippen LogP contribution is -2.49. The highest BCUT2D eigenvalue weighted by Crippen LogP contribution is 2.43. The molecule has 8 heteroatoms. The molecule has 0 aromatic heterocycles. The average molecular weight is 348 g/mol. The number of hydrogen-bond donors (Lipinski definition) is 2. The van der Waals surface area contributed by atoms with Gasteiger partial charge in [0.25, 0.3) is 0 Å². The van der Waals surface area contributed by atoms with E-state index < -0.39 is 18.0 Å². The second kappa shape index (κ2) is 6.66. The lowest BCUT2D eigenvalue weighted by Gasteiger charge is -2.34. The van der Waals surface area contributed by atoms with E-state index in [1.807, 2.05) is 0 Å². The first-order valence-corrected chi connectivity index (χ1v) is 8.39. The van der Waals surface area contributed by atoms with Crippen molar-refractivity contribution in [1.82, 2.24) is 4.90 Å². The number of hydrogen-bond acceptors (Lipinski definition) is 6. The van der Waals surface area contributed by atoms with Crippen LogP contribution < -0.4 is 10.5 Å². The highest BCUT2D eigenvalue weighted by Gasteiger charge is 2.47. The van der Waals surface area contributed by atoms with Crippen molar-refractivity contribution in [2.45, 2.75) is 24.9 Å². The molecule has 2 atom stereocenters. The van der Waals surface area contributed by atoms with Crippen LogP contribution in [0.25, 0.3) is 0 Å². The van der Waals surface area contributed by atoms with Gasteiger partial charge < -0.3 is 20.5 Å². The summed E-state index contributed by atoms with van der Waals surface area (Å²) in [7, 11) is 0. The van der Waals surface area contributed by atoms with Gasteiger partial charge in [-0.3, -0.25) is 4.79 Å². The zero-order valence-electron chi connectivity index (χ0n) is 12.7. The predicted molar refractivity (Wildman–Crippen MR) is 87.0 cm³/mol. The second-order valence-corrected chi connectivity index (χ2v) is 6.67. The van der Waals surface area contributed by atoms with Crippen molar-refractivity contribution in [3.05, 3.63) is 40.9 Å². The maximum atomic E-state index is 12.0. The fourth-order valence-electron chi connectivity index (χ4n) is 2.69. The summed E-state index contributed by atoms with van der Waals surface area (Å²) in [5, 5.41) is 9.30. The Hall–Kier alpha value is -2.32. The molecular weight excluding hydrogens is 332 g/mol. The molecule has 2 aliphatic rings. The fourth-order valence-corrected chi connectivity index (χ4v) is 3.84. The first-order valence-electron chi connectivity index (χ1n) is 7.41. The summed E-state index contributed by atoms with van der Waals surface area (Å²) in [6, 6.07) is 7.63. The maximum absolute atomic E-state index is 12.0. The summed E-state index contributed by atoms with van der Waals surface area (Å²) >= 11 is 1.20. The van der Waals surface area contributed by atoms with E-state index in [4.69, 9.17) is 10.5 Å². The zero-order valence-corrected chi connectivity index (χ0v) is 13.5. The van der Waals surface area contributed by atoms with Crippen molar-refractivity contribution in [3.63, 3.8) is 0 Å². The van der Waals surface area contributed by atoms with Crippen LogP contribution in [-0.4, -0.2) is 45.7 Å². The average Bonchev–Trinajstić information content (AvgIpc) is 2.86. The molecule has 0 bridgehead atoms. The number of aliphatic carboxylic acids is 1. The molecule has 2 aliphatic heterocycles. The van der Waals surface area contributed by atoms with Gasteiger partial charge in [0.05, 0.1) is 6.04 Å². The Kier molecular flexibility index (Phi) is 4.59. The number of para-hydroxylation sites is 1. The summed E-state index contributed by atoms with van der Waals surface area (Å²) in [5.41, 5.74) is 5.85. The largest absolute Gasteiger partial charge is 0.477 e. The number of carboxylic acid groups (broad SMARTS) is 1. The first kappa shape index (κ1) is 16.5. The van der Waals surface area contributed by atoms with Crippen LogP contribution in [0.2, 0.25) is 0 Å². The van der Waals surface area contributed by atoms with E-state index in [0.717, 1.165) is 0 Å². The normalized spacial score (nSPS) is 20.5. The molecule has 2 heterocycles. The molecule has 126 valence electrons. The summed E-state index contributed by atoms with van der Waals surface area (Å²) in [6.07, 6.45) is 0.863. The number of carbonyl (C=O) groups is 3. The monoisotopic (exact) mass is 348 g/mol. The number of thioether (sulfide) groups is 1. The molecule has 1 saturated heterocycles. The lowest BCUT2D eigenvalue weighted by atomic mass is 10.0. The smallest absolute Gasteiger partial charge is 0.353 e. The highest BCUT2D eigenvalue weighted by atomic mass is 32.2. The number of nitrogens with zero attached hydrogens (tertiary/aromatic N) is 1. The predicted octanol–water partition coefficient (Wildman–Crippen LogP) is 0.953. The van der Waals surface area contributed by atoms with Crippen molar-refractivity contribution < 1.29 is 24.2 Å². The van der Waals surface area contributed by atoms with Crippen LogP contribution in [0.1, 0.15) is 12.8 Å². The minimum atomic E-state index is -1.13. The van der Waals surface area contributed by atoms with Crippen LogP contribution in [0.15, 0.2) is 40.9 Å². The van der Waals surface area contributed by atoms with E-state index in [2.05, 4.69) is 0 Å². The van der Waals surface area contributed by atoms with Gasteiger partial charge in [-0.05, 0) is 12.1 Å². The van der Waals surface area contributed by atoms with Crippen LogP contribution in [-0.2, 0) is 14.4 Å². The van der Waals surface area contributed by atoms with Crippen LogP contribution >= 0.6 is 11.8 Å². The number of fused-ring (bicyclic) bond motifs is 1. The fraction of sp³-hybridized carbons (Fsp3) is 0.312. The van der Waals surface area contributed by atoms with Crippen molar-refractivity contribution in [2.75, 3.05) is 5.75 Å². The van der Waals surface area contributed by atoms with Gasteiger partial charge in [0.1, 0.15) is 17.5 Å². The molecule has 3 rings (SSSR count). The van der Waals surface area contributed by atoms with Gasteiger partial charge in [0, 0.05) is 23.5 Å². The molecule has 0 spiro atoms. The Morgan fingerprint density at radius 2 is 2.04 bits per heavy atom. The molecule has 1 aromatic rings. The summed E-state index contributed by atoms with van der Waals surface area (Å²) < 4.78 is 5.16. The maximum Gasteiger partial charge on any atom is 0.353 e. The van der Waals surface area contributed by atoms with Crippen LogP contribution in [0.3, 0.4) is 0 Å². The Labute approximate surface area is 142 Å². The van der Waals surface area contributed by atoms with Gasteiger partial charge in [-0.1, -0.05) is 18.2 Å². The third-order valence-electron chi connectivity index (χ3n) is 3.87. The molecule has 24 heavy (non-hydrogen) atoms. The van der Waals surface area contributed by atoms with Crippen LogP contribution in [0, 0.1) is 0 Å². The van der Waals surface area contributed by atoms with Gasteiger partial charge in [-0.25, -0.2) is 9.59 Å². The molecule has 1 aromatic carbocycles. The van der Waals surface area contributed by atoms with E-state index in [9.17, 15) is 19.5 Å². The first-order chi connectivity index (χ1) is 11.5. The molecule has 0 aliphatic carbocycles. The number of carbonyl (C=O) groups excluding carboxylic acids is 2. The number of rotatable bonds is 6. The van der Waals surface area contributed by atoms with Crippen molar-refractivity contribution in [3.8, 4) is 5.75 Å². The van der Waals surface area contributed by atoms with Gasteiger partial charge >= 0.3 is 11.9 Å². The zero-order chi connectivity index (χ0) is 17.3. The topological polar surface area (TPSA) is 110 Å². The number of carboxylic acids is 1. The number of amides is 1. The Morgan fingerprint density at radius 3 is 2.67 bits per heavy atom. The Morgan fingerprint density at radius 1 is 1.33 bits per heavy atom. The molecule has 0 radical (unpaired) electrons. The standard InChI is InChI=1S/C16H16N2O5S/c17-11(16(22)23-10-4-2-1-3-5-10)8-24-12-6-9-7-13(19)18(9)14(12)15(20)21/h1-5,9,11H,6-8,17H2,(H,20,21)/t9-,11?/m0/s1. The molecule has 7 nitrogen and oxygen atoms in total. The Balaban J connectivity index is 1.60. The lowest BCUT2D eigenvalue weighted by molar-refractivity contribution is -0.147. The third-order valence-corrected chi connectivity index (χ3v) is 5.11. The molecule has 0 saturated carbocycles. The summed E-state index contributed by atoms with van der Waals surface area (Å²) in [5.74, 6) is -1.30. The summed E-state index contributed by atoms with van der Waals surface area (Å²) in [4.78, 5) is 36.8. The quantitative estimate of drug-likeness (QED) is 0.447. The van der Waals surface area contributed by atoms with Crippen LogP contribution in [0.5, 0.6) is 5.75 Å². The Bertz CT molecular complexity index is 718. The van der Waals surface area contributed by atoms with Gasteiger partial charge in [0.15, 0.2) is 0 Å². The minimum Gasteiger partial charge on any atom is -0.477 e. The molecule has 1 unspecified atom stereocenters.